The molecule has 124 valence electrons. The van der Waals surface area contributed by atoms with Gasteiger partial charge in [-0.3, -0.25) is 0 Å². The van der Waals surface area contributed by atoms with E-state index in [0.29, 0.717) is 10.6 Å². The molecule has 2 aromatic rings. The molecule has 0 aliphatic heterocycles. The van der Waals surface area contributed by atoms with Crippen LogP contribution in [0.15, 0.2) is 42.5 Å². The molecule has 23 heavy (non-hydrogen) atoms. The average molecular weight is 354 g/mol. The number of aryl methyl sites for hydroxylation is 2. The topological polar surface area (TPSA) is 55.4 Å². The lowest BCUT2D eigenvalue weighted by molar-refractivity contribution is 0.322. The number of sulfonamides is 1. The molecule has 2 rings (SSSR count). The molecule has 0 amide bonds. The Bertz CT molecular complexity index is 755. The Labute approximate surface area is 142 Å². The zero-order chi connectivity index (χ0) is 16.9. The van der Waals surface area contributed by atoms with Crippen LogP contribution in [-0.2, 0) is 15.8 Å². The summed E-state index contributed by atoms with van der Waals surface area (Å²) in [5.41, 5.74) is 2.80. The van der Waals surface area contributed by atoms with Gasteiger partial charge in [-0.1, -0.05) is 35.9 Å². The van der Waals surface area contributed by atoms with Crippen LogP contribution in [-0.4, -0.2) is 21.6 Å². The molecule has 1 N–H and O–H groups in total. The fourth-order valence-corrected chi connectivity index (χ4v) is 3.69. The summed E-state index contributed by atoms with van der Waals surface area (Å²) < 4.78 is 32.2. The molecule has 0 radical (unpaired) electrons. The minimum Gasteiger partial charge on any atom is -0.492 e. The van der Waals surface area contributed by atoms with E-state index in [9.17, 15) is 8.42 Å². The highest BCUT2D eigenvalue weighted by atomic mass is 35.5. The lowest BCUT2D eigenvalue weighted by Crippen LogP contribution is -2.29. The second kappa shape index (κ2) is 7.81. The summed E-state index contributed by atoms with van der Waals surface area (Å²) in [4.78, 5) is 0. The van der Waals surface area contributed by atoms with Gasteiger partial charge in [0, 0.05) is 11.6 Å². The Hall–Kier alpha value is -1.56. The number of ether oxygens (including phenoxy) is 1. The fraction of sp³-hybridized carbons (Fsp3) is 0.294. The van der Waals surface area contributed by atoms with E-state index < -0.39 is 10.0 Å². The zero-order valence-electron chi connectivity index (χ0n) is 13.2. The molecule has 6 heteroatoms. The summed E-state index contributed by atoms with van der Waals surface area (Å²) in [7, 11) is -3.44. The normalized spacial score (nSPS) is 11.4. The minimum absolute atomic E-state index is 0.143. The Morgan fingerprint density at radius 1 is 1.09 bits per heavy atom. The van der Waals surface area contributed by atoms with E-state index in [2.05, 4.69) is 10.8 Å². The van der Waals surface area contributed by atoms with Crippen molar-refractivity contribution in [2.45, 2.75) is 19.6 Å². The number of hydrogen-bond acceptors (Lipinski definition) is 3. The van der Waals surface area contributed by atoms with Crippen LogP contribution in [0.5, 0.6) is 5.75 Å². The molecule has 0 aliphatic rings. The smallest absolute Gasteiger partial charge is 0.215 e. The molecule has 0 spiro atoms. The third-order valence-electron chi connectivity index (χ3n) is 3.19. The van der Waals surface area contributed by atoms with Crippen molar-refractivity contribution in [3.05, 3.63) is 64.2 Å². The van der Waals surface area contributed by atoms with Crippen molar-refractivity contribution in [2.75, 3.05) is 13.2 Å². The monoisotopic (exact) mass is 353 g/mol. The van der Waals surface area contributed by atoms with Crippen molar-refractivity contribution in [3.63, 3.8) is 0 Å². The Balaban J connectivity index is 1.84. The van der Waals surface area contributed by atoms with Crippen molar-refractivity contribution in [1.82, 2.24) is 4.72 Å². The Morgan fingerprint density at radius 2 is 1.74 bits per heavy atom. The minimum atomic E-state index is -3.44. The average Bonchev–Trinajstić information content (AvgIpc) is 2.45. The van der Waals surface area contributed by atoms with E-state index in [1.165, 1.54) is 0 Å². The SMILES string of the molecule is Cc1cc(C)cc(OCCNS(=O)(=O)Cc2ccccc2Cl)c1. The van der Waals surface area contributed by atoms with E-state index in [1.807, 2.05) is 26.0 Å². The van der Waals surface area contributed by atoms with Gasteiger partial charge in [-0.2, -0.15) is 0 Å². The van der Waals surface area contributed by atoms with Crippen LogP contribution in [0.4, 0.5) is 0 Å². The van der Waals surface area contributed by atoms with Crippen LogP contribution in [0.25, 0.3) is 0 Å². The van der Waals surface area contributed by atoms with E-state index in [1.54, 1.807) is 24.3 Å². The molecule has 0 heterocycles. The van der Waals surface area contributed by atoms with Gasteiger partial charge in [0.05, 0.1) is 5.75 Å². The number of hydrogen-bond donors (Lipinski definition) is 1. The lowest BCUT2D eigenvalue weighted by Gasteiger charge is -2.10. The standard InChI is InChI=1S/C17H20ClNO3S/c1-13-9-14(2)11-16(10-13)22-8-7-19-23(20,21)12-15-5-3-4-6-17(15)18/h3-6,9-11,19H,7-8,12H2,1-2H3. The molecule has 0 saturated carbocycles. The third-order valence-corrected chi connectivity index (χ3v) is 4.90. The number of nitrogens with one attached hydrogen (secondary N) is 1. The molecule has 0 aliphatic carbocycles. The van der Waals surface area contributed by atoms with Gasteiger partial charge in [0.1, 0.15) is 12.4 Å². The fourth-order valence-electron chi connectivity index (χ4n) is 2.25. The van der Waals surface area contributed by atoms with Crippen molar-refractivity contribution >= 4 is 21.6 Å². The van der Waals surface area contributed by atoms with Gasteiger partial charge in [0.25, 0.3) is 0 Å². The number of rotatable bonds is 7. The quantitative estimate of drug-likeness (QED) is 0.775. The third kappa shape index (κ3) is 5.86. The molecule has 0 saturated heterocycles. The molecule has 2 aromatic carbocycles. The van der Waals surface area contributed by atoms with Crippen molar-refractivity contribution < 1.29 is 13.2 Å². The summed E-state index contributed by atoms with van der Waals surface area (Å²) in [5, 5.41) is 0.448. The maximum Gasteiger partial charge on any atom is 0.215 e. The van der Waals surface area contributed by atoms with Crippen LogP contribution in [0.2, 0.25) is 5.02 Å². The maximum atomic E-state index is 12.0. The molecule has 4 nitrogen and oxygen atoms in total. The predicted octanol–water partition coefficient (Wildman–Crippen LogP) is 3.46. The van der Waals surface area contributed by atoms with Gasteiger partial charge in [-0.05, 0) is 48.7 Å². The highest BCUT2D eigenvalue weighted by Gasteiger charge is 2.13. The van der Waals surface area contributed by atoms with Gasteiger partial charge < -0.3 is 4.74 Å². The summed E-state index contributed by atoms with van der Waals surface area (Å²) in [5.74, 6) is 0.601. The molecular weight excluding hydrogens is 334 g/mol. The summed E-state index contributed by atoms with van der Waals surface area (Å²) in [6.45, 7) is 4.46. The van der Waals surface area contributed by atoms with Crippen LogP contribution < -0.4 is 9.46 Å². The van der Waals surface area contributed by atoms with Gasteiger partial charge in [-0.25, -0.2) is 13.1 Å². The first-order chi connectivity index (χ1) is 10.9. The summed E-state index contributed by atoms with van der Waals surface area (Å²) >= 11 is 5.98. The second-order valence-electron chi connectivity index (χ2n) is 5.42. The first-order valence-electron chi connectivity index (χ1n) is 7.27. The van der Waals surface area contributed by atoms with Crippen LogP contribution in [0.3, 0.4) is 0 Å². The number of benzene rings is 2. The molecule has 0 bridgehead atoms. The Morgan fingerprint density at radius 3 is 2.39 bits per heavy atom. The van der Waals surface area contributed by atoms with Crippen LogP contribution in [0.1, 0.15) is 16.7 Å². The van der Waals surface area contributed by atoms with Crippen molar-refractivity contribution in [2.24, 2.45) is 0 Å². The van der Waals surface area contributed by atoms with Gasteiger partial charge >= 0.3 is 0 Å². The predicted molar refractivity (Wildman–Crippen MR) is 93.5 cm³/mol. The highest BCUT2D eigenvalue weighted by Crippen LogP contribution is 2.17. The molecule has 0 aromatic heterocycles. The molecular formula is C17H20ClNO3S. The largest absolute Gasteiger partial charge is 0.492 e. The number of halogens is 1. The van der Waals surface area contributed by atoms with E-state index in [4.69, 9.17) is 16.3 Å². The maximum absolute atomic E-state index is 12.0. The molecule has 0 fully saturated rings. The van der Waals surface area contributed by atoms with Crippen LogP contribution in [0, 0.1) is 13.8 Å². The second-order valence-corrected chi connectivity index (χ2v) is 7.63. The van der Waals surface area contributed by atoms with Crippen molar-refractivity contribution in [1.29, 1.82) is 0 Å². The van der Waals surface area contributed by atoms with E-state index in [-0.39, 0.29) is 18.9 Å². The van der Waals surface area contributed by atoms with E-state index in [0.717, 1.165) is 16.9 Å². The Kier molecular flexibility index (Phi) is 6.04. The molecule has 0 unspecified atom stereocenters. The highest BCUT2D eigenvalue weighted by molar-refractivity contribution is 7.88. The zero-order valence-corrected chi connectivity index (χ0v) is 14.7. The van der Waals surface area contributed by atoms with Gasteiger partial charge in [0.2, 0.25) is 10.0 Å². The van der Waals surface area contributed by atoms with E-state index >= 15 is 0 Å². The van der Waals surface area contributed by atoms with Gasteiger partial charge in [-0.15, -0.1) is 0 Å². The summed E-state index contributed by atoms with van der Waals surface area (Å²) in [6, 6.07) is 12.8. The summed E-state index contributed by atoms with van der Waals surface area (Å²) in [6.07, 6.45) is 0. The van der Waals surface area contributed by atoms with Crippen LogP contribution >= 0.6 is 11.6 Å². The first-order valence-corrected chi connectivity index (χ1v) is 9.30. The lowest BCUT2D eigenvalue weighted by atomic mass is 10.1. The van der Waals surface area contributed by atoms with Crippen molar-refractivity contribution in [3.8, 4) is 5.75 Å². The first kappa shape index (κ1) is 17.8. The molecule has 0 atom stereocenters. The van der Waals surface area contributed by atoms with Gasteiger partial charge in [0.15, 0.2) is 0 Å².